The Kier molecular flexibility index (Phi) is 5.88. The molecule has 0 aliphatic carbocycles. The minimum Gasteiger partial charge on any atom is -0.494 e. The third-order valence-electron chi connectivity index (χ3n) is 5.00. The fourth-order valence-corrected chi connectivity index (χ4v) is 4.82. The Bertz CT molecular complexity index is 905. The molecule has 2 aromatic carbocycles. The molecule has 0 saturated carbocycles. The molecule has 1 atom stereocenters. The van der Waals surface area contributed by atoms with E-state index in [0.29, 0.717) is 13.2 Å². The number of fused-ring (bicyclic) bond motifs is 1. The fraction of sp³-hybridized carbons (Fsp3) is 0.364. The molecule has 1 amide bonds. The molecule has 2 heterocycles. The van der Waals surface area contributed by atoms with Crippen molar-refractivity contribution in [2.75, 3.05) is 25.0 Å². The minimum absolute atomic E-state index is 0.0113. The molecule has 1 fully saturated rings. The van der Waals surface area contributed by atoms with Crippen molar-refractivity contribution in [1.82, 2.24) is 9.88 Å². The molecule has 146 valence electrons. The maximum Gasteiger partial charge on any atom is 0.238 e. The molecule has 1 aliphatic rings. The van der Waals surface area contributed by atoms with Gasteiger partial charge in [0.05, 0.1) is 29.4 Å². The van der Waals surface area contributed by atoms with Gasteiger partial charge in [0.15, 0.2) is 0 Å². The zero-order valence-electron chi connectivity index (χ0n) is 16.1. The van der Waals surface area contributed by atoms with Crippen LogP contribution in [0.5, 0.6) is 5.75 Å². The van der Waals surface area contributed by atoms with Crippen molar-refractivity contribution in [3.8, 4) is 5.75 Å². The first kappa shape index (κ1) is 18.9. The van der Waals surface area contributed by atoms with Gasteiger partial charge in [-0.15, -0.1) is 11.3 Å². The molecule has 28 heavy (non-hydrogen) atoms. The molecule has 1 saturated heterocycles. The van der Waals surface area contributed by atoms with Crippen LogP contribution >= 0.6 is 11.3 Å². The van der Waals surface area contributed by atoms with E-state index in [-0.39, 0.29) is 11.9 Å². The van der Waals surface area contributed by atoms with Crippen molar-refractivity contribution >= 4 is 33.1 Å². The molecule has 1 aliphatic heterocycles. The van der Waals surface area contributed by atoms with Crippen LogP contribution in [0.25, 0.3) is 10.2 Å². The van der Waals surface area contributed by atoms with Crippen LogP contribution < -0.4 is 10.1 Å². The highest BCUT2D eigenvalue weighted by Crippen LogP contribution is 2.35. The van der Waals surface area contributed by atoms with E-state index in [0.717, 1.165) is 41.3 Å². The van der Waals surface area contributed by atoms with E-state index >= 15 is 0 Å². The number of nitrogens with one attached hydrogen (secondary N) is 1. The number of rotatable bonds is 6. The summed E-state index contributed by atoms with van der Waals surface area (Å²) in [5.74, 6) is 0.824. The largest absolute Gasteiger partial charge is 0.494 e. The molecule has 3 aromatic rings. The number of aromatic nitrogens is 1. The molecule has 0 radical (unpaired) electrons. The third kappa shape index (κ3) is 4.34. The van der Waals surface area contributed by atoms with Crippen molar-refractivity contribution in [3.05, 3.63) is 53.5 Å². The highest BCUT2D eigenvalue weighted by atomic mass is 32.1. The van der Waals surface area contributed by atoms with Crippen LogP contribution in [0.15, 0.2) is 48.5 Å². The number of carbonyl (C=O) groups is 1. The van der Waals surface area contributed by atoms with Gasteiger partial charge < -0.3 is 10.1 Å². The molecule has 4 rings (SSSR count). The van der Waals surface area contributed by atoms with Crippen molar-refractivity contribution in [2.45, 2.75) is 32.2 Å². The summed E-state index contributed by atoms with van der Waals surface area (Å²) in [7, 11) is 0. The lowest BCUT2D eigenvalue weighted by Crippen LogP contribution is -2.39. The Morgan fingerprint density at radius 3 is 2.82 bits per heavy atom. The molecule has 5 nitrogen and oxygen atoms in total. The second-order valence-corrected chi connectivity index (χ2v) is 8.07. The Morgan fingerprint density at radius 1 is 1.21 bits per heavy atom. The minimum atomic E-state index is 0.0113. The molecular weight excluding hydrogens is 370 g/mol. The van der Waals surface area contributed by atoms with Gasteiger partial charge in [-0.25, -0.2) is 4.98 Å². The van der Waals surface area contributed by atoms with Crippen LogP contribution in [0.2, 0.25) is 0 Å². The fourth-order valence-electron chi connectivity index (χ4n) is 3.68. The highest BCUT2D eigenvalue weighted by Gasteiger charge is 2.28. The predicted octanol–water partition coefficient (Wildman–Crippen LogP) is 4.86. The zero-order valence-corrected chi connectivity index (χ0v) is 16.9. The first-order valence-corrected chi connectivity index (χ1v) is 10.7. The first-order chi connectivity index (χ1) is 13.7. The summed E-state index contributed by atoms with van der Waals surface area (Å²) in [6, 6.07) is 16.0. The Balaban J connectivity index is 1.43. The van der Waals surface area contributed by atoms with Gasteiger partial charge in [0, 0.05) is 5.69 Å². The average Bonchev–Trinajstić information content (AvgIpc) is 3.14. The van der Waals surface area contributed by atoms with E-state index in [2.05, 4.69) is 22.3 Å². The van der Waals surface area contributed by atoms with Gasteiger partial charge in [-0.3, -0.25) is 9.69 Å². The maximum atomic E-state index is 12.6. The van der Waals surface area contributed by atoms with E-state index < -0.39 is 0 Å². The van der Waals surface area contributed by atoms with E-state index in [1.54, 1.807) is 11.3 Å². The molecule has 0 unspecified atom stereocenters. The van der Waals surface area contributed by atoms with Crippen molar-refractivity contribution in [2.24, 2.45) is 0 Å². The van der Waals surface area contributed by atoms with E-state index in [9.17, 15) is 4.79 Å². The number of amides is 1. The quantitative estimate of drug-likeness (QED) is 0.647. The smallest absolute Gasteiger partial charge is 0.238 e. The van der Waals surface area contributed by atoms with Crippen LogP contribution in [0.3, 0.4) is 0 Å². The number of hydrogen-bond donors (Lipinski definition) is 1. The van der Waals surface area contributed by atoms with Gasteiger partial charge in [-0.1, -0.05) is 18.6 Å². The molecule has 1 N–H and O–H groups in total. The van der Waals surface area contributed by atoms with Crippen LogP contribution in [0, 0.1) is 0 Å². The Labute approximate surface area is 169 Å². The summed E-state index contributed by atoms with van der Waals surface area (Å²) < 4.78 is 6.66. The van der Waals surface area contributed by atoms with Crippen molar-refractivity contribution < 1.29 is 9.53 Å². The van der Waals surface area contributed by atoms with Gasteiger partial charge in [0.25, 0.3) is 0 Å². The monoisotopic (exact) mass is 395 g/mol. The summed E-state index contributed by atoms with van der Waals surface area (Å²) in [4.78, 5) is 19.7. The lowest BCUT2D eigenvalue weighted by atomic mass is 10.0. The molecular formula is C22H25N3O2S. The van der Waals surface area contributed by atoms with Crippen molar-refractivity contribution in [1.29, 1.82) is 0 Å². The second-order valence-electron chi connectivity index (χ2n) is 7.01. The van der Waals surface area contributed by atoms with Gasteiger partial charge >= 0.3 is 0 Å². The number of piperidine rings is 1. The highest BCUT2D eigenvalue weighted by molar-refractivity contribution is 7.18. The number of anilines is 1. The van der Waals surface area contributed by atoms with Crippen LogP contribution in [0.4, 0.5) is 5.69 Å². The summed E-state index contributed by atoms with van der Waals surface area (Å²) >= 11 is 1.75. The lowest BCUT2D eigenvalue weighted by Gasteiger charge is -2.33. The van der Waals surface area contributed by atoms with Crippen LogP contribution in [0.1, 0.15) is 37.2 Å². The number of thiazole rings is 1. The number of benzene rings is 2. The topological polar surface area (TPSA) is 54.5 Å². The first-order valence-electron chi connectivity index (χ1n) is 9.85. The maximum absolute atomic E-state index is 12.6. The van der Waals surface area contributed by atoms with E-state index in [1.807, 2.05) is 43.3 Å². The molecule has 0 bridgehead atoms. The number of nitrogens with zero attached hydrogens (tertiary/aromatic N) is 2. The van der Waals surface area contributed by atoms with Gasteiger partial charge in [-0.2, -0.15) is 0 Å². The van der Waals surface area contributed by atoms with Gasteiger partial charge in [0.1, 0.15) is 10.8 Å². The Morgan fingerprint density at radius 2 is 2.04 bits per heavy atom. The second kappa shape index (κ2) is 8.71. The normalized spacial score (nSPS) is 17.5. The molecule has 6 heteroatoms. The standard InChI is InChI=1S/C22H25N3O2S/c1-2-27-17-12-10-16(11-13-17)23-21(26)15-25-14-6-5-8-19(25)22-24-18-7-3-4-9-20(18)28-22/h3-4,7,9-13,19H,2,5-6,8,14-15H2,1H3,(H,23,26)/t19-/m0/s1. The SMILES string of the molecule is CCOc1ccc(NC(=O)CN2CCCC[C@H]2c2nc3ccccc3s2)cc1. The summed E-state index contributed by atoms with van der Waals surface area (Å²) in [5, 5.41) is 4.12. The number of para-hydroxylation sites is 1. The van der Waals surface area contributed by atoms with Crippen molar-refractivity contribution in [3.63, 3.8) is 0 Å². The summed E-state index contributed by atoms with van der Waals surface area (Å²) in [5.41, 5.74) is 1.84. The van der Waals surface area contributed by atoms with E-state index in [4.69, 9.17) is 9.72 Å². The van der Waals surface area contributed by atoms with Gasteiger partial charge in [-0.05, 0) is 62.7 Å². The lowest BCUT2D eigenvalue weighted by molar-refractivity contribution is -0.118. The number of hydrogen-bond acceptors (Lipinski definition) is 5. The Hall–Kier alpha value is -2.44. The van der Waals surface area contributed by atoms with Gasteiger partial charge in [0.2, 0.25) is 5.91 Å². The average molecular weight is 396 g/mol. The van der Waals surface area contributed by atoms with Crippen LogP contribution in [-0.4, -0.2) is 35.5 Å². The summed E-state index contributed by atoms with van der Waals surface area (Å²) in [6.07, 6.45) is 3.35. The predicted molar refractivity (Wildman–Crippen MR) is 114 cm³/mol. The molecule has 0 spiro atoms. The number of ether oxygens (including phenoxy) is 1. The van der Waals surface area contributed by atoms with E-state index in [1.165, 1.54) is 11.1 Å². The summed E-state index contributed by atoms with van der Waals surface area (Å²) in [6.45, 7) is 3.90. The molecule has 1 aromatic heterocycles. The zero-order chi connectivity index (χ0) is 19.3. The number of carbonyl (C=O) groups excluding carboxylic acids is 1. The third-order valence-corrected chi connectivity index (χ3v) is 6.14. The van der Waals surface area contributed by atoms with Crippen LogP contribution in [-0.2, 0) is 4.79 Å². The number of likely N-dealkylation sites (tertiary alicyclic amines) is 1.